The molecular formula is C18H25NO3S. The standard InChI is InChI=1S/C18H25NO3S/c1-4-14-10-19(11-16(14)18(21)13-23(2,3)22)12-17(20)15-8-6-5-7-9-15/h5-9,13-14,16H,4,10-12H2,1-3H3/t14-,16?/m1/s1. The van der Waals surface area contributed by atoms with Crippen molar-refractivity contribution in [1.29, 1.82) is 0 Å². The van der Waals surface area contributed by atoms with E-state index in [0.717, 1.165) is 13.0 Å². The Balaban J connectivity index is 2.06. The third-order valence-corrected chi connectivity index (χ3v) is 5.07. The van der Waals surface area contributed by atoms with Crippen LogP contribution in [-0.4, -0.2) is 58.2 Å². The number of rotatable bonds is 6. The number of benzene rings is 1. The number of carbonyl (C=O) groups is 2. The molecule has 0 aromatic heterocycles. The molecule has 1 aromatic carbocycles. The second kappa shape index (κ2) is 7.41. The van der Waals surface area contributed by atoms with Gasteiger partial charge in [-0.2, -0.15) is 0 Å². The van der Waals surface area contributed by atoms with Crippen molar-refractivity contribution in [1.82, 2.24) is 4.90 Å². The number of likely N-dealkylation sites (tertiary alicyclic amines) is 1. The minimum Gasteiger partial charge on any atom is -0.295 e. The van der Waals surface area contributed by atoms with Gasteiger partial charge in [-0.05, 0) is 15.4 Å². The van der Waals surface area contributed by atoms with Gasteiger partial charge in [-0.1, -0.05) is 43.7 Å². The van der Waals surface area contributed by atoms with Crippen LogP contribution in [0.1, 0.15) is 23.7 Å². The first-order valence-corrected chi connectivity index (χ1v) is 10.4. The molecule has 1 aliphatic rings. The summed E-state index contributed by atoms with van der Waals surface area (Å²) in [7, 11) is -2.19. The summed E-state index contributed by atoms with van der Waals surface area (Å²) in [6.45, 7) is 3.70. The molecule has 0 spiro atoms. The number of carbonyl (C=O) groups excluding carboxylic acids is 2. The molecule has 1 aliphatic heterocycles. The Morgan fingerprint density at radius 1 is 1.22 bits per heavy atom. The predicted molar refractivity (Wildman–Crippen MR) is 95.5 cm³/mol. The molecule has 5 heteroatoms. The van der Waals surface area contributed by atoms with Gasteiger partial charge in [0, 0.05) is 42.4 Å². The summed E-state index contributed by atoms with van der Waals surface area (Å²) in [5, 5.41) is 1.38. The van der Waals surface area contributed by atoms with Crippen LogP contribution < -0.4 is 0 Å². The first-order valence-electron chi connectivity index (χ1n) is 7.93. The average molecular weight is 335 g/mol. The molecule has 23 heavy (non-hydrogen) atoms. The summed E-state index contributed by atoms with van der Waals surface area (Å²) in [5.74, 6) is 0.113. The number of nitrogens with zero attached hydrogens (tertiary/aromatic N) is 1. The summed E-state index contributed by atoms with van der Waals surface area (Å²) in [4.78, 5) is 26.8. The Morgan fingerprint density at radius 2 is 1.87 bits per heavy atom. The van der Waals surface area contributed by atoms with E-state index in [1.54, 1.807) is 12.5 Å². The molecule has 1 heterocycles. The first kappa shape index (κ1) is 17.9. The molecule has 4 nitrogen and oxygen atoms in total. The topological polar surface area (TPSA) is 54.5 Å². The van der Waals surface area contributed by atoms with Crippen molar-refractivity contribution in [2.45, 2.75) is 13.3 Å². The smallest absolute Gasteiger partial charge is 0.176 e. The highest BCUT2D eigenvalue weighted by molar-refractivity contribution is 8.01. The van der Waals surface area contributed by atoms with Crippen molar-refractivity contribution in [2.75, 3.05) is 32.1 Å². The third kappa shape index (κ3) is 5.01. The molecule has 0 amide bonds. The Labute approximate surface area is 138 Å². The average Bonchev–Trinajstić information content (AvgIpc) is 2.89. The number of hydrogen-bond acceptors (Lipinski definition) is 4. The summed E-state index contributed by atoms with van der Waals surface area (Å²) in [5.41, 5.74) is 0.701. The number of Topliss-reactive ketones (excluding diaryl/α,β-unsaturated/α-hetero) is 2. The SMILES string of the molecule is CC[C@@H]1CN(CC(=O)c2ccccc2)CC1C(=O)C=S(C)(C)=O. The highest BCUT2D eigenvalue weighted by atomic mass is 32.2. The molecule has 0 saturated carbocycles. The Morgan fingerprint density at radius 3 is 2.43 bits per heavy atom. The van der Waals surface area contributed by atoms with Crippen molar-refractivity contribution in [2.24, 2.45) is 11.8 Å². The molecule has 2 atom stereocenters. The maximum absolute atomic E-state index is 12.4. The van der Waals surface area contributed by atoms with Gasteiger partial charge in [-0.15, -0.1) is 0 Å². The van der Waals surface area contributed by atoms with E-state index in [0.29, 0.717) is 18.7 Å². The maximum Gasteiger partial charge on any atom is 0.176 e. The highest BCUT2D eigenvalue weighted by Gasteiger charge is 2.36. The van der Waals surface area contributed by atoms with Gasteiger partial charge in [0.2, 0.25) is 0 Å². The van der Waals surface area contributed by atoms with Gasteiger partial charge in [0.05, 0.1) is 6.54 Å². The molecule has 0 radical (unpaired) electrons. The molecule has 0 N–H and O–H groups in total. The van der Waals surface area contributed by atoms with Crippen LogP contribution in [0.5, 0.6) is 0 Å². The summed E-state index contributed by atoms with van der Waals surface area (Å²) < 4.78 is 11.8. The van der Waals surface area contributed by atoms with Crippen LogP contribution in [0.2, 0.25) is 0 Å². The van der Waals surface area contributed by atoms with E-state index in [1.165, 1.54) is 5.37 Å². The van der Waals surface area contributed by atoms with Crippen LogP contribution in [0.15, 0.2) is 30.3 Å². The van der Waals surface area contributed by atoms with E-state index in [2.05, 4.69) is 6.92 Å². The summed E-state index contributed by atoms with van der Waals surface area (Å²) >= 11 is 0. The highest BCUT2D eigenvalue weighted by Crippen LogP contribution is 2.26. The fourth-order valence-electron chi connectivity index (χ4n) is 3.11. The van der Waals surface area contributed by atoms with Gasteiger partial charge in [0.1, 0.15) is 0 Å². The summed E-state index contributed by atoms with van der Waals surface area (Å²) in [6.07, 6.45) is 4.05. The lowest BCUT2D eigenvalue weighted by atomic mass is 9.91. The van der Waals surface area contributed by atoms with Crippen molar-refractivity contribution < 1.29 is 13.8 Å². The van der Waals surface area contributed by atoms with E-state index in [9.17, 15) is 13.8 Å². The fourth-order valence-corrected chi connectivity index (χ4v) is 3.85. The minimum absolute atomic E-state index is 0.0403. The van der Waals surface area contributed by atoms with Crippen LogP contribution in [0.3, 0.4) is 0 Å². The lowest BCUT2D eigenvalue weighted by Gasteiger charge is -2.14. The second-order valence-electron chi connectivity index (χ2n) is 6.59. The van der Waals surface area contributed by atoms with Gasteiger partial charge >= 0.3 is 0 Å². The van der Waals surface area contributed by atoms with Gasteiger partial charge < -0.3 is 0 Å². The lowest BCUT2D eigenvalue weighted by molar-refractivity contribution is -0.116. The molecule has 1 saturated heterocycles. The van der Waals surface area contributed by atoms with Crippen LogP contribution in [0.4, 0.5) is 0 Å². The molecule has 1 aromatic rings. The van der Waals surface area contributed by atoms with Crippen molar-refractivity contribution in [3.8, 4) is 0 Å². The monoisotopic (exact) mass is 335 g/mol. The zero-order valence-electron chi connectivity index (χ0n) is 14.0. The predicted octanol–water partition coefficient (Wildman–Crippen LogP) is 1.74. The minimum atomic E-state index is -2.19. The Kier molecular flexibility index (Phi) is 5.76. The van der Waals surface area contributed by atoms with Crippen LogP contribution in [0, 0.1) is 11.8 Å². The van der Waals surface area contributed by atoms with Crippen LogP contribution in [0.25, 0.3) is 0 Å². The van der Waals surface area contributed by atoms with Crippen LogP contribution in [-0.2, 0) is 14.3 Å². The number of ketones is 2. The Bertz CT molecular complexity index is 681. The first-order chi connectivity index (χ1) is 10.8. The molecule has 1 fully saturated rings. The summed E-state index contributed by atoms with van der Waals surface area (Å²) in [6, 6.07) is 9.22. The normalized spacial score (nSPS) is 22.0. The van der Waals surface area contributed by atoms with E-state index < -0.39 is 9.52 Å². The van der Waals surface area contributed by atoms with Gasteiger partial charge in [-0.25, -0.2) is 0 Å². The zero-order valence-corrected chi connectivity index (χ0v) is 14.8. The van der Waals surface area contributed by atoms with E-state index in [4.69, 9.17) is 0 Å². The molecule has 126 valence electrons. The van der Waals surface area contributed by atoms with Crippen molar-refractivity contribution in [3.05, 3.63) is 35.9 Å². The zero-order chi connectivity index (χ0) is 17.0. The fraction of sp³-hybridized carbons (Fsp3) is 0.500. The molecule has 1 unspecified atom stereocenters. The van der Waals surface area contributed by atoms with Gasteiger partial charge in [0.15, 0.2) is 11.6 Å². The second-order valence-corrected chi connectivity index (χ2v) is 9.44. The van der Waals surface area contributed by atoms with E-state index >= 15 is 0 Å². The largest absolute Gasteiger partial charge is 0.295 e. The van der Waals surface area contributed by atoms with Gasteiger partial charge in [-0.3, -0.25) is 18.7 Å². The molecular weight excluding hydrogens is 310 g/mol. The van der Waals surface area contributed by atoms with Crippen molar-refractivity contribution in [3.63, 3.8) is 0 Å². The molecule has 0 bridgehead atoms. The van der Waals surface area contributed by atoms with Crippen molar-refractivity contribution >= 4 is 26.5 Å². The quantitative estimate of drug-likeness (QED) is 0.587. The van der Waals surface area contributed by atoms with E-state index in [1.807, 2.05) is 35.2 Å². The number of hydrogen-bond donors (Lipinski definition) is 0. The molecule has 0 aliphatic carbocycles. The van der Waals surface area contributed by atoms with E-state index in [-0.39, 0.29) is 23.4 Å². The van der Waals surface area contributed by atoms with Gasteiger partial charge in [0.25, 0.3) is 0 Å². The van der Waals surface area contributed by atoms with Crippen LogP contribution >= 0.6 is 0 Å². The maximum atomic E-state index is 12.4. The lowest BCUT2D eigenvalue weighted by Crippen LogP contribution is -2.29. The molecule has 2 rings (SSSR count). The Hall–Kier alpha value is -1.46. The third-order valence-electron chi connectivity index (χ3n) is 4.27.